The highest BCUT2D eigenvalue weighted by molar-refractivity contribution is 7.89. The third kappa shape index (κ3) is 3.30. The van der Waals surface area contributed by atoms with E-state index < -0.39 is 15.8 Å². The molecule has 1 aliphatic rings. The number of hydrogen-bond acceptors (Lipinski definition) is 3. The van der Waals surface area contributed by atoms with E-state index in [1.54, 1.807) is 0 Å². The first-order valence-electron chi connectivity index (χ1n) is 7.01. The molecule has 0 spiro atoms. The van der Waals surface area contributed by atoms with Crippen molar-refractivity contribution in [2.75, 3.05) is 5.73 Å². The lowest BCUT2D eigenvalue weighted by Crippen LogP contribution is -2.41. The second-order valence-electron chi connectivity index (χ2n) is 5.36. The molecule has 0 radical (unpaired) electrons. The molecule has 1 aromatic rings. The Morgan fingerprint density at radius 2 is 2.05 bits per heavy atom. The summed E-state index contributed by atoms with van der Waals surface area (Å²) in [5, 5.41) is 0. The van der Waals surface area contributed by atoms with Gasteiger partial charge in [-0.2, -0.15) is 0 Å². The number of benzene rings is 1. The quantitative estimate of drug-likeness (QED) is 0.840. The molecule has 0 heterocycles. The predicted molar refractivity (Wildman–Crippen MR) is 77.2 cm³/mol. The van der Waals surface area contributed by atoms with Crippen LogP contribution >= 0.6 is 0 Å². The van der Waals surface area contributed by atoms with Gasteiger partial charge in [0, 0.05) is 6.04 Å². The van der Waals surface area contributed by atoms with Gasteiger partial charge in [0.1, 0.15) is 5.82 Å². The van der Waals surface area contributed by atoms with E-state index >= 15 is 0 Å². The monoisotopic (exact) mass is 300 g/mol. The van der Waals surface area contributed by atoms with Crippen LogP contribution < -0.4 is 10.5 Å². The van der Waals surface area contributed by atoms with Gasteiger partial charge in [-0.05, 0) is 37.0 Å². The molecule has 0 aliphatic heterocycles. The zero-order chi connectivity index (χ0) is 14.8. The molecule has 1 aliphatic carbocycles. The number of anilines is 1. The molecular weight excluding hydrogens is 279 g/mol. The van der Waals surface area contributed by atoms with E-state index in [9.17, 15) is 12.8 Å². The summed E-state index contributed by atoms with van der Waals surface area (Å²) < 4.78 is 40.8. The fraction of sp³-hybridized carbons (Fsp3) is 0.571. The topological polar surface area (TPSA) is 72.2 Å². The highest BCUT2D eigenvalue weighted by Gasteiger charge is 2.28. The van der Waals surface area contributed by atoms with E-state index in [0.29, 0.717) is 5.92 Å². The maximum atomic E-state index is 13.4. The van der Waals surface area contributed by atoms with Crippen molar-refractivity contribution in [1.82, 2.24) is 4.72 Å². The van der Waals surface area contributed by atoms with Crippen LogP contribution in [0.4, 0.5) is 10.1 Å². The Morgan fingerprint density at radius 1 is 1.35 bits per heavy atom. The SMILES string of the molecule is CCC1CCCCC1NS(=O)(=O)c1ccc(N)c(F)c1. The van der Waals surface area contributed by atoms with Crippen molar-refractivity contribution in [2.24, 2.45) is 5.92 Å². The van der Waals surface area contributed by atoms with E-state index in [1.807, 2.05) is 0 Å². The van der Waals surface area contributed by atoms with Crippen LogP contribution in [-0.4, -0.2) is 14.5 Å². The summed E-state index contributed by atoms with van der Waals surface area (Å²) in [7, 11) is -3.69. The van der Waals surface area contributed by atoms with Gasteiger partial charge in [0.15, 0.2) is 0 Å². The highest BCUT2D eigenvalue weighted by Crippen LogP contribution is 2.28. The van der Waals surface area contributed by atoms with Crippen LogP contribution in [0, 0.1) is 11.7 Å². The first-order chi connectivity index (χ1) is 9.44. The molecule has 3 N–H and O–H groups in total. The van der Waals surface area contributed by atoms with Gasteiger partial charge in [-0.3, -0.25) is 0 Å². The second kappa shape index (κ2) is 6.10. The maximum absolute atomic E-state index is 13.4. The van der Waals surface area contributed by atoms with Crippen molar-refractivity contribution < 1.29 is 12.8 Å². The Kier molecular flexibility index (Phi) is 4.65. The average molecular weight is 300 g/mol. The van der Waals surface area contributed by atoms with Crippen LogP contribution in [0.15, 0.2) is 23.1 Å². The summed E-state index contributed by atoms with van der Waals surface area (Å²) >= 11 is 0. The lowest BCUT2D eigenvalue weighted by molar-refractivity contribution is 0.282. The number of sulfonamides is 1. The molecule has 0 bridgehead atoms. The number of nitrogens with one attached hydrogen (secondary N) is 1. The molecule has 1 saturated carbocycles. The third-order valence-corrected chi connectivity index (χ3v) is 5.51. The molecule has 2 unspecified atom stereocenters. The van der Waals surface area contributed by atoms with E-state index in [0.717, 1.165) is 38.2 Å². The standard InChI is InChI=1S/C14H21FN2O2S/c1-2-10-5-3-4-6-14(10)17-20(18,19)11-7-8-13(16)12(15)9-11/h7-10,14,17H,2-6,16H2,1H3. The van der Waals surface area contributed by atoms with Crippen molar-refractivity contribution in [3.63, 3.8) is 0 Å². The maximum Gasteiger partial charge on any atom is 0.240 e. The average Bonchev–Trinajstić information content (AvgIpc) is 2.42. The first-order valence-corrected chi connectivity index (χ1v) is 8.49. The van der Waals surface area contributed by atoms with Crippen LogP contribution in [0.25, 0.3) is 0 Å². The molecule has 1 fully saturated rings. The zero-order valence-corrected chi connectivity index (χ0v) is 12.4. The number of hydrogen-bond donors (Lipinski definition) is 2. The summed E-state index contributed by atoms with van der Waals surface area (Å²) in [6.45, 7) is 2.07. The Morgan fingerprint density at radius 3 is 2.70 bits per heavy atom. The minimum Gasteiger partial charge on any atom is -0.396 e. The Hall–Kier alpha value is -1.14. The molecular formula is C14H21FN2O2S. The zero-order valence-electron chi connectivity index (χ0n) is 11.6. The predicted octanol–water partition coefficient (Wildman–Crippen LogP) is 2.66. The fourth-order valence-electron chi connectivity index (χ4n) is 2.79. The van der Waals surface area contributed by atoms with Crippen LogP contribution in [0.3, 0.4) is 0 Å². The van der Waals surface area contributed by atoms with Gasteiger partial charge < -0.3 is 5.73 Å². The van der Waals surface area contributed by atoms with E-state index in [2.05, 4.69) is 11.6 Å². The van der Waals surface area contributed by atoms with Gasteiger partial charge in [-0.1, -0.05) is 26.2 Å². The van der Waals surface area contributed by atoms with Crippen LogP contribution in [0.1, 0.15) is 39.0 Å². The summed E-state index contributed by atoms with van der Waals surface area (Å²) in [5.41, 5.74) is 5.32. The smallest absolute Gasteiger partial charge is 0.240 e. The molecule has 0 amide bonds. The van der Waals surface area contributed by atoms with Gasteiger partial charge >= 0.3 is 0 Å². The molecule has 4 nitrogen and oxygen atoms in total. The molecule has 2 rings (SSSR count). The van der Waals surface area contributed by atoms with E-state index in [1.165, 1.54) is 12.1 Å². The minimum absolute atomic E-state index is 0.0481. The van der Waals surface area contributed by atoms with E-state index in [-0.39, 0.29) is 16.6 Å². The molecule has 20 heavy (non-hydrogen) atoms. The van der Waals surface area contributed by atoms with Gasteiger partial charge in [0.2, 0.25) is 10.0 Å². The van der Waals surface area contributed by atoms with Crippen LogP contribution in [-0.2, 0) is 10.0 Å². The van der Waals surface area contributed by atoms with Crippen molar-refractivity contribution >= 4 is 15.7 Å². The number of nitrogen functional groups attached to an aromatic ring is 1. The van der Waals surface area contributed by atoms with E-state index in [4.69, 9.17) is 5.73 Å². The number of rotatable bonds is 4. The Balaban J connectivity index is 2.19. The lowest BCUT2D eigenvalue weighted by atomic mass is 9.83. The Bertz CT molecular complexity index is 575. The van der Waals surface area contributed by atoms with Gasteiger partial charge in [-0.15, -0.1) is 0 Å². The highest BCUT2D eigenvalue weighted by atomic mass is 32.2. The van der Waals surface area contributed by atoms with Crippen molar-refractivity contribution in [2.45, 2.75) is 50.0 Å². The molecule has 1 aromatic carbocycles. The minimum atomic E-state index is -3.69. The van der Waals surface area contributed by atoms with Crippen molar-refractivity contribution in [3.8, 4) is 0 Å². The van der Waals surface area contributed by atoms with Crippen LogP contribution in [0.5, 0.6) is 0 Å². The Labute approximate surface area is 119 Å². The van der Waals surface area contributed by atoms with Gasteiger partial charge in [0.05, 0.1) is 10.6 Å². The van der Waals surface area contributed by atoms with Gasteiger partial charge in [-0.25, -0.2) is 17.5 Å². The second-order valence-corrected chi connectivity index (χ2v) is 7.08. The van der Waals surface area contributed by atoms with Crippen molar-refractivity contribution in [1.29, 1.82) is 0 Å². The summed E-state index contributed by atoms with van der Waals surface area (Å²) in [6.07, 6.45) is 5.01. The number of halogens is 1. The third-order valence-electron chi connectivity index (χ3n) is 4.02. The van der Waals surface area contributed by atoms with Crippen LogP contribution in [0.2, 0.25) is 0 Å². The largest absolute Gasteiger partial charge is 0.396 e. The lowest BCUT2D eigenvalue weighted by Gasteiger charge is -2.31. The normalized spacial score (nSPS) is 23.7. The molecule has 0 aromatic heterocycles. The number of nitrogens with two attached hydrogens (primary N) is 1. The molecule has 6 heteroatoms. The summed E-state index contributed by atoms with van der Waals surface area (Å²) in [6, 6.07) is 3.54. The first kappa shape index (κ1) is 15.3. The molecule has 2 atom stereocenters. The van der Waals surface area contributed by atoms with Crippen molar-refractivity contribution in [3.05, 3.63) is 24.0 Å². The summed E-state index contributed by atoms with van der Waals surface area (Å²) in [4.78, 5) is -0.0652. The molecule has 112 valence electrons. The van der Waals surface area contributed by atoms with Gasteiger partial charge in [0.25, 0.3) is 0 Å². The molecule has 0 saturated heterocycles. The fourth-order valence-corrected chi connectivity index (χ4v) is 4.14. The summed E-state index contributed by atoms with van der Waals surface area (Å²) in [5.74, 6) is -0.347.